The average Bonchev–Trinajstić information content (AvgIpc) is 3.13. The van der Waals surface area contributed by atoms with Gasteiger partial charge in [-0.25, -0.2) is 0 Å². The summed E-state index contributed by atoms with van der Waals surface area (Å²) in [7, 11) is 0. The molecule has 4 aromatic rings. The molecule has 30 heavy (non-hydrogen) atoms. The second kappa shape index (κ2) is 8.78. The van der Waals surface area contributed by atoms with Crippen molar-refractivity contribution in [1.29, 1.82) is 0 Å². The lowest BCUT2D eigenvalue weighted by atomic mass is 9.88. The minimum Gasteiger partial charge on any atom is -0.358 e. The van der Waals surface area contributed by atoms with Crippen LogP contribution in [0.5, 0.6) is 0 Å². The molecule has 0 fully saturated rings. The Balaban J connectivity index is 1.47. The SMILES string of the molecule is Cc1[nH]c2ccccc2c1C(=O)C(=O)NCCC(c1ccccc1)c1ccccc1. The van der Waals surface area contributed by atoms with E-state index < -0.39 is 11.7 Å². The van der Waals surface area contributed by atoms with Gasteiger partial charge in [0.1, 0.15) is 0 Å². The van der Waals surface area contributed by atoms with E-state index >= 15 is 0 Å². The first kappa shape index (κ1) is 19.6. The Labute approximate surface area is 175 Å². The Bertz CT molecular complexity index is 1120. The molecule has 0 aliphatic carbocycles. The highest BCUT2D eigenvalue weighted by Crippen LogP contribution is 2.27. The maximum absolute atomic E-state index is 12.8. The quantitative estimate of drug-likeness (QED) is 0.341. The number of H-pyrrole nitrogens is 1. The van der Waals surface area contributed by atoms with Gasteiger partial charge in [0.15, 0.2) is 0 Å². The summed E-state index contributed by atoms with van der Waals surface area (Å²) in [5, 5.41) is 3.61. The normalized spacial score (nSPS) is 11.0. The maximum Gasteiger partial charge on any atom is 0.292 e. The van der Waals surface area contributed by atoms with E-state index in [2.05, 4.69) is 34.6 Å². The van der Waals surface area contributed by atoms with Crippen LogP contribution in [0.25, 0.3) is 10.9 Å². The van der Waals surface area contributed by atoms with Gasteiger partial charge in [0, 0.05) is 29.1 Å². The van der Waals surface area contributed by atoms with E-state index in [0.29, 0.717) is 24.2 Å². The summed E-state index contributed by atoms with van der Waals surface area (Å²) in [5.41, 5.74) is 4.40. The van der Waals surface area contributed by atoms with Crippen LogP contribution in [-0.4, -0.2) is 23.2 Å². The molecule has 0 radical (unpaired) electrons. The molecule has 1 heterocycles. The summed E-state index contributed by atoms with van der Waals surface area (Å²) in [4.78, 5) is 28.6. The second-order valence-electron chi connectivity index (χ2n) is 7.42. The summed E-state index contributed by atoms with van der Waals surface area (Å²) < 4.78 is 0. The number of Topliss-reactive ketones (excluding diaryl/α,β-unsaturated/α-hetero) is 1. The minimum atomic E-state index is -0.567. The van der Waals surface area contributed by atoms with Gasteiger partial charge < -0.3 is 10.3 Å². The highest BCUT2D eigenvalue weighted by molar-refractivity contribution is 6.45. The lowest BCUT2D eigenvalue weighted by Crippen LogP contribution is -2.32. The summed E-state index contributed by atoms with van der Waals surface area (Å²) in [6.45, 7) is 2.24. The number of para-hydroxylation sites is 1. The molecule has 0 spiro atoms. The molecule has 4 nitrogen and oxygen atoms in total. The van der Waals surface area contributed by atoms with Crippen LogP contribution >= 0.6 is 0 Å². The number of ketones is 1. The van der Waals surface area contributed by atoms with Gasteiger partial charge in [0.2, 0.25) is 0 Å². The van der Waals surface area contributed by atoms with Crippen molar-refractivity contribution in [3.8, 4) is 0 Å². The van der Waals surface area contributed by atoms with Gasteiger partial charge in [-0.05, 0) is 30.5 Å². The Kier molecular flexibility index (Phi) is 5.75. The number of hydrogen-bond acceptors (Lipinski definition) is 2. The lowest BCUT2D eigenvalue weighted by Gasteiger charge is -2.18. The highest BCUT2D eigenvalue weighted by Gasteiger charge is 2.23. The van der Waals surface area contributed by atoms with Gasteiger partial charge >= 0.3 is 0 Å². The first-order valence-electron chi connectivity index (χ1n) is 10.1. The number of benzene rings is 3. The van der Waals surface area contributed by atoms with Crippen LogP contribution < -0.4 is 5.32 Å². The predicted molar refractivity (Wildman–Crippen MR) is 120 cm³/mol. The molecule has 150 valence electrons. The number of amides is 1. The molecule has 1 amide bonds. The zero-order valence-corrected chi connectivity index (χ0v) is 16.9. The minimum absolute atomic E-state index is 0.151. The number of aromatic nitrogens is 1. The van der Waals surface area contributed by atoms with Crippen molar-refractivity contribution in [3.05, 3.63) is 107 Å². The van der Waals surface area contributed by atoms with E-state index in [1.807, 2.05) is 67.6 Å². The summed E-state index contributed by atoms with van der Waals surface area (Å²) in [5.74, 6) is -0.915. The highest BCUT2D eigenvalue weighted by atomic mass is 16.2. The molecule has 1 aromatic heterocycles. The number of hydrogen-bond donors (Lipinski definition) is 2. The molecular formula is C26H24N2O2. The third-order valence-electron chi connectivity index (χ3n) is 5.45. The van der Waals surface area contributed by atoms with E-state index in [9.17, 15) is 9.59 Å². The van der Waals surface area contributed by atoms with E-state index in [1.165, 1.54) is 11.1 Å². The molecule has 0 unspecified atom stereocenters. The number of carbonyl (C=O) groups excluding carboxylic acids is 2. The molecular weight excluding hydrogens is 372 g/mol. The fraction of sp³-hybridized carbons (Fsp3) is 0.154. The molecule has 0 saturated heterocycles. The average molecular weight is 396 g/mol. The van der Waals surface area contributed by atoms with Crippen LogP contribution in [0.4, 0.5) is 0 Å². The monoisotopic (exact) mass is 396 g/mol. The zero-order valence-electron chi connectivity index (χ0n) is 16.9. The largest absolute Gasteiger partial charge is 0.358 e. The molecule has 0 atom stereocenters. The van der Waals surface area contributed by atoms with Crippen LogP contribution in [0.15, 0.2) is 84.9 Å². The van der Waals surface area contributed by atoms with Gasteiger partial charge in [-0.2, -0.15) is 0 Å². The van der Waals surface area contributed by atoms with E-state index in [4.69, 9.17) is 0 Å². The topological polar surface area (TPSA) is 62.0 Å². The van der Waals surface area contributed by atoms with Crippen molar-refractivity contribution in [2.75, 3.05) is 6.54 Å². The number of aryl methyl sites for hydroxylation is 1. The third kappa shape index (κ3) is 4.03. The Morgan fingerprint density at radius 3 is 2.03 bits per heavy atom. The standard InChI is InChI=1S/C26H24N2O2/c1-18-24(22-14-8-9-15-23(22)28-18)25(29)26(30)27-17-16-21(19-10-4-2-5-11-19)20-12-6-3-7-13-20/h2-15,21,28H,16-17H2,1H3,(H,27,30). The van der Waals surface area contributed by atoms with Crippen molar-refractivity contribution < 1.29 is 9.59 Å². The number of carbonyl (C=O) groups is 2. The van der Waals surface area contributed by atoms with Crippen LogP contribution in [0.3, 0.4) is 0 Å². The summed E-state index contributed by atoms with van der Waals surface area (Å²) >= 11 is 0. The van der Waals surface area contributed by atoms with Gasteiger partial charge in [0.25, 0.3) is 11.7 Å². The second-order valence-corrected chi connectivity index (χ2v) is 7.42. The molecule has 2 N–H and O–H groups in total. The van der Waals surface area contributed by atoms with Crippen molar-refractivity contribution in [2.45, 2.75) is 19.3 Å². The van der Waals surface area contributed by atoms with Gasteiger partial charge in [-0.1, -0.05) is 78.9 Å². The van der Waals surface area contributed by atoms with Crippen LogP contribution in [0.2, 0.25) is 0 Å². The van der Waals surface area contributed by atoms with Crippen LogP contribution in [0, 0.1) is 6.92 Å². The molecule has 0 bridgehead atoms. The van der Waals surface area contributed by atoms with Crippen molar-refractivity contribution >= 4 is 22.6 Å². The smallest absolute Gasteiger partial charge is 0.292 e. The summed E-state index contributed by atoms with van der Waals surface area (Å²) in [6, 6.07) is 28.0. The fourth-order valence-corrected chi connectivity index (χ4v) is 3.99. The van der Waals surface area contributed by atoms with Crippen LogP contribution in [-0.2, 0) is 4.79 Å². The Morgan fingerprint density at radius 2 is 1.40 bits per heavy atom. The van der Waals surface area contributed by atoms with E-state index in [1.54, 1.807) is 0 Å². The maximum atomic E-state index is 12.8. The molecule has 3 aromatic carbocycles. The lowest BCUT2D eigenvalue weighted by molar-refractivity contribution is -0.117. The van der Waals surface area contributed by atoms with Crippen molar-refractivity contribution in [2.24, 2.45) is 0 Å². The summed E-state index contributed by atoms with van der Waals surface area (Å²) in [6.07, 6.45) is 0.708. The molecule has 0 aliphatic rings. The first-order chi connectivity index (χ1) is 14.6. The Hall–Kier alpha value is -3.66. The third-order valence-corrected chi connectivity index (χ3v) is 5.45. The first-order valence-corrected chi connectivity index (χ1v) is 10.1. The Morgan fingerprint density at radius 1 is 0.833 bits per heavy atom. The number of nitrogens with one attached hydrogen (secondary N) is 2. The molecule has 0 saturated carbocycles. The van der Waals surface area contributed by atoms with E-state index in [0.717, 1.165) is 10.9 Å². The molecule has 4 heteroatoms. The fourth-order valence-electron chi connectivity index (χ4n) is 3.99. The van der Waals surface area contributed by atoms with Gasteiger partial charge in [-0.15, -0.1) is 0 Å². The number of fused-ring (bicyclic) bond motifs is 1. The molecule has 0 aliphatic heterocycles. The number of rotatable bonds is 7. The predicted octanol–water partition coefficient (Wildman–Crippen LogP) is 5.00. The van der Waals surface area contributed by atoms with Crippen molar-refractivity contribution in [1.82, 2.24) is 10.3 Å². The van der Waals surface area contributed by atoms with Gasteiger partial charge in [0.05, 0.1) is 5.56 Å². The van der Waals surface area contributed by atoms with Crippen molar-refractivity contribution in [3.63, 3.8) is 0 Å². The zero-order chi connectivity index (χ0) is 20.9. The van der Waals surface area contributed by atoms with E-state index in [-0.39, 0.29) is 5.92 Å². The van der Waals surface area contributed by atoms with Gasteiger partial charge in [-0.3, -0.25) is 9.59 Å². The number of aromatic amines is 1. The molecule has 4 rings (SSSR count). The van der Waals surface area contributed by atoms with Crippen LogP contribution in [0.1, 0.15) is 39.5 Å².